The van der Waals surface area contributed by atoms with Crippen molar-refractivity contribution in [2.75, 3.05) is 19.5 Å². The van der Waals surface area contributed by atoms with Gasteiger partial charge < -0.3 is 14.8 Å². The zero-order valence-electron chi connectivity index (χ0n) is 17.0. The summed E-state index contributed by atoms with van der Waals surface area (Å²) >= 11 is 0. The van der Waals surface area contributed by atoms with Gasteiger partial charge in [-0.25, -0.2) is 9.07 Å². The highest BCUT2D eigenvalue weighted by Gasteiger charge is 2.22. The normalized spacial score (nSPS) is 10.5. The molecule has 4 aromatic rings. The maximum Gasteiger partial charge on any atom is 0.259 e. The van der Waals surface area contributed by atoms with Gasteiger partial charge in [0, 0.05) is 23.5 Å². The van der Waals surface area contributed by atoms with Crippen molar-refractivity contribution in [1.29, 1.82) is 0 Å². The van der Waals surface area contributed by atoms with Crippen LogP contribution in [0.25, 0.3) is 16.9 Å². The topological polar surface area (TPSA) is 65.4 Å². The average molecular weight is 417 g/mol. The number of aromatic nitrogens is 2. The van der Waals surface area contributed by atoms with Crippen LogP contribution < -0.4 is 14.8 Å². The number of nitrogens with one attached hydrogen (secondary N) is 1. The van der Waals surface area contributed by atoms with Crippen LogP contribution in [-0.2, 0) is 0 Å². The molecule has 0 bridgehead atoms. The Morgan fingerprint density at radius 1 is 0.968 bits per heavy atom. The zero-order chi connectivity index (χ0) is 21.8. The molecule has 0 aliphatic rings. The third kappa shape index (κ3) is 4.25. The molecule has 1 N–H and O–H groups in total. The minimum Gasteiger partial charge on any atom is -0.497 e. The summed E-state index contributed by atoms with van der Waals surface area (Å²) in [5.41, 5.74) is 2.71. The Balaban J connectivity index is 1.80. The summed E-state index contributed by atoms with van der Waals surface area (Å²) in [6.45, 7) is 0. The predicted molar refractivity (Wildman–Crippen MR) is 116 cm³/mol. The van der Waals surface area contributed by atoms with E-state index in [4.69, 9.17) is 9.47 Å². The molecule has 0 fully saturated rings. The fourth-order valence-corrected chi connectivity index (χ4v) is 3.18. The summed E-state index contributed by atoms with van der Waals surface area (Å²) in [5, 5.41) is 7.46. The lowest BCUT2D eigenvalue weighted by atomic mass is 10.1. The number of hydrogen-bond acceptors (Lipinski definition) is 4. The largest absolute Gasteiger partial charge is 0.497 e. The first-order chi connectivity index (χ1) is 15.1. The lowest BCUT2D eigenvalue weighted by molar-refractivity contribution is 0.102. The van der Waals surface area contributed by atoms with Gasteiger partial charge in [-0.1, -0.05) is 18.2 Å². The maximum atomic E-state index is 13.2. The fourth-order valence-electron chi connectivity index (χ4n) is 3.18. The number of carbonyl (C=O) groups excluding carboxylic acids is 1. The van der Waals surface area contributed by atoms with Gasteiger partial charge in [0.25, 0.3) is 5.91 Å². The summed E-state index contributed by atoms with van der Waals surface area (Å²) in [4.78, 5) is 13.1. The average Bonchev–Trinajstić information content (AvgIpc) is 3.26. The highest BCUT2D eigenvalue weighted by atomic mass is 19.1. The Morgan fingerprint density at radius 3 is 2.39 bits per heavy atom. The van der Waals surface area contributed by atoms with Crippen molar-refractivity contribution < 1.29 is 18.7 Å². The van der Waals surface area contributed by atoms with E-state index in [-0.39, 0.29) is 11.7 Å². The molecule has 7 heteroatoms. The molecular formula is C24H20FN3O3. The molecule has 156 valence electrons. The van der Waals surface area contributed by atoms with Gasteiger partial charge in [-0.2, -0.15) is 5.10 Å². The Hall–Kier alpha value is -4.13. The van der Waals surface area contributed by atoms with Crippen LogP contribution in [0.15, 0.2) is 79.0 Å². The predicted octanol–water partition coefficient (Wildman–Crippen LogP) is 4.95. The second-order valence-corrected chi connectivity index (χ2v) is 6.70. The number of benzene rings is 3. The van der Waals surface area contributed by atoms with E-state index in [1.165, 1.54) is 24.3 Å². The van der Waals surface area contributed by atoms with E-state index in [1.807, 2.05) is 30.3 Å². The Morgan fingerprint density at radius 2 is 1.71 bits per heavy atom. The maximum absolute atomic E-state index is 13.2. The molecule has 0 atom stereocenters. The molecule has 31 heavy (non-hydrogen) atoms. The quantitative estimate of drug-likeness (QED) is 0.482. The number of nitrogens with zero attached hydrogens (tertiary/aromatic N) is 2. The summed E-state index contributed by atoms with van der Waals surface area (Å²) in [5.74, 6) is 0.397. The second kappa shape index (κ2) is 8.71. The van der Waals surface area contributed by atoms with Crippen LogP contribution in [0, 0.1) is 5.82 Å². The van der Waals surface area contributed by atoms with E-state index in [2.05, 4.69) is 10.4 Å². The number of hydrogen-bond donors (Lipinski definition) is 1. The molecule has 6 nitrogen and oxygen atoms in total. The van der Waals surface area contributed by atoms with Crippen LogP contribution >= 0.6 is 0 Å². The van der Waals surface area contributed by atoms with Crippen molar-refractivity contribution in [2.24, 2.45) is 0 Å². The van der Waals surface area contributed by atoms with Crippen molar-refractivity contribution >= 4 is 11.6 Å². The van der Waals surface area contributed by atoms with E-state index < -0.39 is 0 Å². The van der Waals surface area contributed by atoms with Crippen molar-refractivity contribution in [3.63, 3.8) is 0 Å². The molecule has 1 heterocycles. The Kier molecular flexibility index (Phi) is 5.66. The monoisotopic (exact) mass is 417 g/mol. The molecular weight excluding hydrogens is 397 g/mol. The first kappa shape index (κ1) is 20.2. The third-order valence-electron chi connectivity index (χ3n) is 4.75. The van der Waals surface area contributed by atoms with Crippen molar-refractivity contribution in [3.05, 3.63) is 90.4 Å². The number of anilines is 1. The molecule has 0 aliphatic carbocycles. The molecule has 0 aliphatic heterocycles. The molecule has 0 radical (unpaired) electrons. The van der Waals surface area contributed by atoms with Crippen LogP contribution in [0.1, 0.15) is 10.4 Å². The van der Waals surface area contributed by atoms with Crippen LogP contribution in [0.3, 0.4) is 0 Å². The van der Waals surface area contributed by atoms with Gasteiger partial charge in [0.2, 0.25) is 0 Å². The number of amides is 1. The van der Waals surface area contributed by atoms with Crippen LogP contribution in [0.4, 0.5) is 10.1 Å². The fraction of sp³-hybridized carbons (Fsp3) is 0.0833. The van der Waals surface area contributed by atoms with Crippen molar-refractivity contribution in [3.8, 4) is 28.4 Å². The van der Waals surface area contributed by atoms with Gasteiger partial charge >= 0.3 is 0 Å². The Bertz CT molecular complexity index is 1200. The van der Waals surface area contributed by atoms with Crippen molar-refractivity contribution in [1.82, 2.24) is 9.78 Å². The molecule has 0 saturated carbocycles. The molecule has 1 aromatic heterocycles. The smallest absolute Gasteiger partial charge is 0.259 e. The number of carbonyl (C=O) groups is 1. The summed E-state index contributed by atoms with van der Waals surface area (Å²) < 4.78 is 25.6. The number of halogens is 1. The molecule has 0 unspecified atom stereocenters. The Labute approximate surface area is 178 Å². The highest BCUT2D eigenvalue weighted by Crippen LogP contribution is 2.35. The number of para-hydroxylation sites is 1. The van der Waals surface area contributed by atoms with E-state index in [9.17, 15) is 9.18 Å². The number of ether oxygens (including phenoxy) is 2. The van der Waals surface area contributed by atoms with E-state index in [0.717, 1.165) is 5.69 Å². The lowest BCUT2D eigenvalue weighted by Gasteiger charge is -2.10. The molecule has 3 aromatic carbocycles. The first-order valence-electron chi connectivity index (χ1n) is 9.53. The third-order valence-corrected chi connectivity index (χ3v) is 4.75. The first-order valence-corrected chi connectivity index (χ1v) is 9.53. The summed E-state index contributed by atoms with van der Waals surface area (Å²) in [7, 11) is 3.12. The van der Waals surface area contributed by atoms with Gasteiger partial charge in [-0.15, -0.1) is 0 Å². The van der Waals surface area contributed by atoms with Gasteiger partial charge in [0.1, 0.15) is 23.0 Å². The lowest BCUT2D eigenvalue weighted by Crippen LogP contribution is -2.12. The zero-order valence-corrected chi connectivity index (χ0v) is 17.0. The molecule has 4 rings (SSSR count). The van der Waals surface area contributed by atoms with E-state index in [0.29, 0.717) is 34.0 Å². The van der Waals surface area contributed by atoms with Gasteiger partial charge in [0.05, 0.1) is 25.5 Å². The summed E-state index contributed by atoms with van der Waals surface area (Å²) in [6, 6.07) is 20.4. The van der Waals surface area contributed by atoms with Crippen LogP contribution in [0.2, 0.25) is 0 Å². The van der Waals surface area contributed by atoms with E-state index >= 15 is 0 Å². The van der Waals surface area contributed by atoms with Crippen LogP contribution in [0.5, 0.6) is 11.5 Å². The second-order valence-electron chi connectivity index (χ2n) is 6.70. The SMILES string of the molecule is COc1ccc(-c2nn(-c3ccccc3)cc2C(=O)Nc2ccc(F)cc2)c(OC)c1. The standard InChI is InChI=1S/C24H20FN3O3/c1-30-19-12-13-20(22(14-19)31-2)23-21(15-28(27-23)18-6-4-3-5-7-18)24(29)26-17-10-8-16(25)9-11-17/h3-15H,1-2H3,(H,26,29). The number of methoxy groups -OCH3 is 2. The van der Waals surface area contributed by atoms with Gasteiger partial charge in [-0.05, 0) is 48.5 Å². The number of rotatable bonds is 6. The highest BCUT2D eigenvalue weighted by molar-refractivity contribution is 6.08. The summed E-state index contributed by atoms with van der Waals surface area (Å²) in [6.07, 6.45) is 1.66. The molecule has 0 saturated heterocycles. The van der Waals surface area contributed by atoms with E-state index in [1.54, 1.807) is 43.3 Å². The minimum absolute atomic E-state index is 0.344. The van der Waals surface area contributed by atoms with Crippen molar-refractivity contribution in [2.45, 2.75) is 0 Å². The molecule has 1 amide bonds. The minimum atomic E-state index is -0.376. The molecule has 0 spiro atoms. The van der Waals surface area contributed by atoms with Gasteiger partial charge in [-0.3, -0.25) is 4.79 Å². The van der Waals surface area contributed by atoms with Gasteiger partial charge in [0.15, 0.2) is 0 Å². The van der Waals surface area contributed by atoms with Crippen LogP contribution in [-0.4, -0.2) is 29.9 Å².